The third-order valence-corrected chi connectivity index (χ3v) is 19.3. The molecule has 0 aromatic carbocycles. The van der Waals surface area contributed by atoms with E-state index in [9.17, 15) is 0 Å². The summed E-state index contributed by atoms with van der Waals surface area (Å²) in [5, 5.41) is 0. The monoisotopic (exact) mass is 498 g/mol. The molecule has 1 saturated carbocycles. The van der Waals surface area contributed by atoms with Gasteiger partial charge in [0, 0.05) is 0 Å². The quantitative estimate of drug-likeness (QED) is 0.202. The zero-order valence-corrected chi connectivity index (χ0v) is 21.9. The molecule has 0 amide bonds. The van der Waals surface area contributed by atoms with E-state index in [0.717, 1.165) is 36.9 Å². The van der Waals surface area contributed by atoms with E-state index in [4.69, 9.17) is 0 Å². The Labute approximate surface area is 183 Å². The van der Waals surface area contributed by atoms with E-state index in [0.29, 0.717) is 5.41 Å². The molecule has 2 aliphatic heterocycles. The van der Waals surface area contributed by atoms with Crippen LogP contribution >= 0.6 is 19.8 Å². The first-order valence-electron chi connectivity index (χ1n) is 12.6. The molecule has 0 spiro atoms. The summed E-state index contributed by atoms with van der Waals surface area (Å²) in [6, 6.07) is 0. The number of alkyl halides is 3. The first kappa shape index (κ1) is 21.7. The van der Waals surface area contributed by atoms with Gasteiger partial charge in [0.25, 0.3) is 0 Å². The van der Waals surface area contributed by atoms with E-state index in [1.54, 1.807) is 23.7 Å². The molecule has 0 nitrogen and oxygen atoms in total. The molecule has 7 unspecified atom stereocenters. The van der Waals surface area contributed by atoms with E-state index in [-0.39, 0.29) is 0 Å². The van der Waals surface area contributed by atoms with Gasteiger partial charge < -0.3 is 0 Å². The van der Waals surface area contributed by atoms with E-state index >= 15 is 0 Å². The summed E-state index contributed by atoms with van der Waals surface area (Å²) in [6.07, 6.45) is 17.8. The van der Waals surface area contributed by atoms with Crippen LogP contribution in [0.15, 0.2) is 11.6 Å². The van der Waals surface area contributed by atoms with E-state index in [1.165, 1.54) is 44.9 Å². The van der Waals surface area contributed by atoms with Crippen molar-refractivity contribution in [1.82, 2.24) is 0 Å². The summed E-state index contributed by atoms with van der Waals surface area (Å²) >= 11 is -0.897. The molecule has 4 rings (SSSR count). The van der Waals surface area contributed by atoms with Gasteiger partial charge in [-0.2, -0.15) is 0 Å². The minimum atomic E-state index is -0.897. The van der Waals surface area contributed by atoms with Crippen molar-refractivity contribution < 1.29 is 0 Å². The number of allylic oxidation sites excluding steroid dienone is 2. The molecular weight excluding hydrogens is 451 g/mol. The summed E-state index contributed by atoms with van der Waals surface area (Å²) in [5.41, 5.74) is 2.49. The molecule has 1 heteroatoms. The number of hydrogen-bond acceptors (Lipinski definition) is 0. The fraction of sp³-hybridized carbons (Fsp3) is 0.926. The van der Waals surface area contributed by atoms with Gasteiger partial charge in [-0.3, -0.25) is 0 Å². The van der Waals surface area contributed by atoms with Gasteiger partial charge in [0.05, 0.1) is 0 Å². The van der Waals surface area contributed by atoms with Crippen LogP contribution < -0.4 is 0 Å². The second-order valence-electron chi connectivity index (χ2n) is 12.0. The first-order valence-corrected chi connectivity index (χ1v) is 16.4. The van der Waals surface area contributed by atoms with Gasteiger partial charge in [-0.05, 0) is 0 Å². The zero-order valence-electron chi connectivity index (χ0n) is 19.7. The van der Waals surface area contributed by atoms with Gasteiger partial charge >= 0.3 is 184 Å². The van der Waals surface area contributed by atoms with Crippen LogP contribution in [0.1, 0.15) is 106 Å². The van der Waals surface area contributed by atoms with E-state index in [1.807, 2.05) is 5.57 Å². The van der Waals surface area contributed by atoms with E-state index in [2.05, 4.69) is 47.6 Å². The second kappa shape index (κ2) is 8.19. The summed E-state index contributed by atoms with van der Waals surface area (Å²) in [7, 11) is 0. The molecule has 2 heterocycles. The molecule has 0 N–H and O–H groups in total. The zero-order chi connectivity index (χ0) is 20.1. The van der Waals surface area contributed by atoms with Gasteiger partial charge in [0.2, 0.25) is 0 Å². The molecule has 28 heavy (non-hydrogen) atoms. The van der Waals surface area contributed by atoms with Crippen molar-refractivity contribution in [1.29, 1.82) is 0 Å². The summed E-state index contributed by atoms with van der Waals surface area (Å²) in [5.74, 6) is 4.92. The van der Waals surface area contributed by atoms with Crippen LogP contribution in [-0.2, 0) is 0 Å². The Morgan fingerprint density at radius 1 is 1.07 bits per heavy atom. The standard InChI is InChI=1S/C27H47I/c1-19(2)8-7-9-21(4)23-14-17-28-25-11-10-22-18-20(3)12-15-26(22,5)24(25)13-16-27(23,28)6/h10,19-21,23-25H,7-9,11-18H2,1-6H3. The summed E-state index contributed by atoms with van der Waals surface area (Å²) < 4.78 is 3.64. The number of rotatable bonds is 5. The molecule has 162 valence electrons. The molecule has 7 atom stereocenters. The van der Waals surface area contributed by atoms with Crippen molar-refractivity contribution in [3.8, 4) is 0 Å². The fourth-order valence-electron chi connectivity index (χ4n) is 7.83. The van der Waals surface area contributed by atoms with Gasteiger partial charge in [0.1, 0.15) is 0 Å². The molecule has 0 aromatic heterocycles. The van der Waals surface area contributed by atoms with Gasteiger partial charge in [-0.15, -0.1) is 0 Å². The Balaban J connectivity index is 1.49. The van der Waals surface area contributed by atoms with E-state index < -0.39 is 19.8 Å². The van der Waals surface area contributed by atoms with Crippen molar-refractivity contribution in [2.75, 3.05) is 4.43 Å². The predicted octanol–water partition coefficient (Wildman–Crippen LogP) is 8.67. The van der Waals surface area contributed by atoms with Crippen LogP contribution in [0, 0.1) is 35.0 Å². The van der Waals surface area contributed by atoms with Crippen LogP contribution in [-0.4, -0.2) is 11.8 Å². The van der Waals surface area contributed by atoms with Gasteiger partial charge in [-0.1, -0.05) is 0 Å². The Bertz CT molecular complexity index is 591. The predicted molar refractivity (Wildman–Crippen MR) is 134 cm³/mol. The van der Waals surface area contributed by atoms with Crippen LogP contribution in [0.5, 0.6) is 0 Å². The number of halogens is 1. The van der Waals surface area contributed by atoms with Crippen molar-refractivity contribution in [2.45, 2.75) is 113 Å². The number of fused-ring (bicyclic) bond motifs is 5. The fourth-order valence-corrected chi connectivity index (χ4v) is 19.1. The van der Waals surface area contributed by atoms with Crippen molar-refractivity contribution in [2.24, 2.45) is 35.0 Å². The summed E-state index contributed by atoms with van der Waals surface area (Å²) in [4.78, 5) is 0. The Morgan fingerprint density at radius 2 is 1.86 bits per heavy atom. The molecule has 4 aliphatic rings. The van der Waals surface area contributed by atoms with Crippen LogP contribution in [0.2, 0.25) is 0 Å². The average Bonchev–Trinajstić information content (AvgIpc) is 2.99. The normalized spacial score (nSPS) is 45.2. The van der Waals surface area contributed by atoms with Crippen LogP contribution in [0.3, 0.4) is 0 Å². The third kappa shape index (κ3) is 3.66. The molecule has 2 saturated heterocycles. The van der Waals surface area contributed by atoms with Gasteiger partial charge in [-0.25, -0.2) is 0 Å². The SMILES string of the molecule is CC(C)CCCC(C)C1CCI2C3CC=C4CC(C)CCC4(C)C3CCC12C. The Kier molecular flexibility index (Phi) is 6.35. The molecule has 2 aliphatic carbocycles. The maximum atomic E-state index is 2.80. The molecule has 0 radical (unpaired) electrons. The molecular formula is C27H47I. The Hall–Kier alpha value is 0.470. The van der Waals surface area contributed by atoms with Crippen molar-refractivity contribution >= 4 is 19.8 Å². The number of hydrogen-bond donors (Lipinski definition) is 0. The average molecular weight is 499 g/mol. The first-order chi connectivity index (χ1) is 13.3. The Morgan fingerprint density at radius 3 is 2.61 bits per heavy atom. The maximum absolute atomic E-state index is 2.80. The van der Waals surface area contributed by atoms with Crippen LogP contribution in [0.4, 0.5) is 0 Å². The second-order valence-corrected chi connectivity index (χ2v) is 19.4. The van der Waals surface area contributed by atoms with Crippen LogP contribution in [0.25, 0.3) is 0 Å². The summed E-state index contributed by atoms with van der Waals surface area (Å²) in [6.45, 7) is 15.4. The topological polar surface area (TPSA) is 0 Å². The van der Waals surface area contributed by atoms with Crippen molar-refractivity contribution in [3.05, 3.63) is 11.6 Å². The molecule has 0 bridgehead atoms. The van der Waals surface area contributed by atoms with Crippen molar-refractivity contribution in [3.63, 3.8) is 0 Å². The molecule has 3 fully saturated rings. The molecule has 0 aromatic rings. The van der Waals surface area contributed by atoms with Gasteiger partial charge in [0.15, 0.2) is 0 Å². The third-order valence-electron chi connectivity index (χ3n) is 9.66. The minimum absolute atomic E-state index is 0.592.